The van der Waals surface area contributed by atoms with Gasteiger partial charge in [0.15, 0.2) is 0 Å². The van der Waals surface area contributed by atoms with Crippen molar-refractivity contribution in [1.29, 1.82) is 0 Å². The highest BCUT2D eigenvalue weighted by atomic mass is 16.3. The predicted octanol–water partition coefficient (Wildman–Crippen LogP) is 2.28. The van der Waals surface area contributed by atoms with Crippen molar-refractivity contribution in [2.75, 3.05) is 13.2 Å². The Bertz CT molecular complexity index is 309. The van der Waals surface area contributed by atoms with Crippen molar-refractivity contribution in [2.45, 2.75) is 40.2 Å². The van der Waals surface area contributed by atoms with Gasteiger partial charge in [-0.15, -0.1) is 0 Å². The van der Waals surface area contributed by atoms with Crippen LogP contribution < -0.4 is 5.32 Å². The summed E-state index contributed by atoms with van der Waals surface area (Å²) in [6, 6.07) is 4.11. The van der Waals surface area contributed by atoms with Gasteiger partial charge in [-0.3, -0.25) is 4.98 Å². The number of nitrogens with zero attached hydrogens (tertiary/aromatic N) is 1. The van der Waals surface area contributed by atoms with Crippen LogP contribution in [0.5, 0.6) is 0 Å². The average Bonchev–Trinajstić information content (AvgIpc) is 2.38. The lowest BCUT2D eigenvalue weighted by Crippen LogP contribution is -2.36. The molecule has 1 aromatic heterocycles. The molecule has 0 radical (unpaired) electrons. The largest absolute Gasteiger partial charge is 0.396 e. The maximum absolute atomic E-state index is 9.46. The molecule has 0 atom stereocenters. The lowest BCUT2D eigenvalue weighted by atomic mass is 9.83. The molecule has 0 unspecified atom stereocenters. The molecule has 3 heteroatoms. The van der Waals surface area contributed by atoms with Gasteiger partial charge in [0.1, 0.15) is 0 Å². The fraction of sp³-hybridized carbons (Fsp3) is 0.643. The molecule has 0 saturated carbocycles. The molecular formula is C14H24N2O. The number of rotatable bonds is 7. The molecule has 0 amide bonds. The fourth-order valence-electron chi connectivity index (χ4n) is 1.85. The van der Waals surface area contributed by atoms with Gasteiger partial charge >= 0.3 is 0 Å². The van der Waals surface area contributed by atoms with Crippen molar-refractivity contribution in [1.82, 2.24) is 10.3 Å². The third-order valence-electron chi connectivity index (χ3n) is 3.64. The van der Waals surface area contributed by atoms with E-state index in [1.54, 1.807) is 0 Å². The highest BCUT2D eigenvalue weighted by Gasteiger charge is 2.24. The molecule has 0 saturated heterocycles. The van der Waals surface area contributed by atoms with Gasteiger partial charge in [0, 0.05) is 37.0 Å². The van der Waals surface area contributed by atoms with Crippen molar-refractivity contribution < 1.29 is 5.11 Å². The summed E-state index contributed by atoms with van der Waals surface area (Å²) in [7, 11) is 0. The number of hydrogen-bond acceptors (Lipinski definition) is 3. The van der Waals surface area contributed by atoms with E-state index in [4.69, 9.17) is 0 Å². The Kier molecular flexibility index (Phi) is 5.59. The minimum Gasteiger partial charge on any atom is -0.396 e. The zero-order valence-corrected chi connectivity index (χ0v) is 11.2. The number of aromatic nitrogens is 1. The first-order valence-electron chi connectivity index (χ1n) is 6.39. The SMILES string of the molecule is CCC(CC)(CO)CNCc1ccc(C)nc1. The fourth-order valence-corrected chi connectivity index (χ4v) is 1.85. The molecule has 1 heterocycles. The van der Waals surface area contributed by atoms with Gasteiger partial charge in [0.25, 0.3) is 0 Å². The van der Waals surface area contributed by atoms with Crippen molar-refractivity contribution in [3.8, 4) is 0 Å². The van der Waals surface area contributed by atoms with Crippen molar-refractivity contribution in [2.24, 2.45) is 5.41 Å². The Morgan fingerprint density at radius 2 is 2.00 bits per heavy atom. The van der Waals surface area contributed by atoms with Crippen LogP contribution in [0.3, 0.4) is 0 Å². The number of pyridine rings is 1. The highest BCUT2D eigenvalue weighted by Crippen LogP contribution is 2.24. The summed E-state index contributed by atoms with van der Waals surface area (Å²) in [5.74, 6) is 0. The number of aryl methyl sites for hydroxylation is 1. The Hall–Kier alpha value is -0.930. The molecule has 1 aromatic rings. The average molecular weight is 236 g/mol. The van der Waals surface area contributed by atoms with E-state index in [2.05, 4.69) is 30.2 Å². The van der Waals surface area contributed by atoms with Crippen LogP contribution in [0.15, 0.2) is 18.3 Å². The molecule has 0 aliphatic rings. The number of aliphatic hydroxyl groups excluding tert-OH is 1. The maximum Gasteiger partial charge on any atom is 0.0499 e. The molecule has 0 aliphatic heterocycles. The smallest absolute Gasteiger partial charge is 0.0499 e. The van der Waals surface area contributed by atoms with E-state index >= 15 is 0 Å². The highest BCUT2D eigenvalue weighted by molar-refractivity contribution is 5.12. The Labute approximate surface area is 104 Å². The monoisotopic (exact) mass is 236 g/mol. The molecule has 0 fully saturated rings. The summed E-state index contributed by atoms with van der Waals surface area (Å²) in [6.45, 7) is 8.17. The van der Waals surface area contributed by atoms with E-state index in [0.29, 0.717) is 0 Å². The van der Waals surface area contributed by atoms with Crippen molar-refractivity contribution in [3.05, 3.63) is 29.6 Å². The van der Waals surface area contributed by atoms with E-state index in [0.717, 1.165) is 31.6 Å². The minimum absolute atomic E-state index is 0.0259. The maximum atomic E-state index is 9.46. The van der Waals surface area contributed by atoms with E-state index in [1.807, 2.05) is 19.2 Å². The normalized spacial score (nSPS) is 11.8. The number of aliphatic hydroxyl groups is 1. The molecular weight excluding hydrogens is 212 g/mol. The lowest BCUT2D eigenvalue weighted by molar-refractivity contribution is 0.113. The van der Waals surface area contributed by atoms with Crippen LogP contribution >= 0.6 is 0 Å². The van der Waals surface area contributed by atoms with Crippen molar-refractivity contribution in [3.63, 3.8) is 0 Å². The van der Waals surface area contributed by atoms with Gasteiger partial charge in [-0.25, -0.2) is 0 Å². The first-order valence-corrected chi connectivity index (χ1v) is 6.39. The number of hydrogen-bond donors (Lipinski definition) is 2. The van der Waals surface area contributed by atoms with Crippen LogP contribution in [0.4, 0.5) is 0 Å². The second-order valence-corrected chi connectivity index (χ2v) is 4.78. The zero-order chi connectivity index (χ0) is 12.7. The van der Waals surface area contributed by atoms with E-state index < -0.39 is 0 Å². The summed E-state index contributed by atoms with van der Waals surface area (Å²) < 4.78 is 0. The molecule has 0 aromatic carbocycles. The molecule has 17 heavy (non-hydrogen) atoms. The van der Waals surface area contributed by atoms with Crippen LogP contribution in [0.2, 0.25) is 0 Å². The third-order valence-corrected chi connectivity index (χ3v) is 3.64. The quantitative estimate of drug-likeness (QED) is 0.763. The molecule has 3 nitrogen and oxygen atoms in total. The minimum atomic E-state index is 0.0259. The van der Waals surface area contributed by atoms with Crippen LogP contribution in [-0.4, -0.2) is 23.2 Å². The summed E-state index contributed by atoms with van der Waals surface area (Å²) in [6.07, 6.45) is 3.90. The summed E-state index contributed by atoms with van der Waals surface area (Å²) in [5, 5.41) is 12.9. The van der Waals surface area contributed by atoms with Gasteiger partial charge in [-0.1, -0.05) is 19.9 Å². The van der Waals surface area contributed by atoms with Crippen LogP contribution in [0.1, 0.15) is 37.9 Å². The van der Waals surface area contributed by atoms with Gasteiger partial charge in [-0.2, -0.15) is 0 Å². The van der Waals surface area contributed by atoms with Gasteiger partial charge < -0.3 is 10.4 Å². The second-order valence-electron chi connectivity index (χ2n) is 4.78. The third kappa shape index (κ3) is 4.10. The first kappa shape index (κ1) is 14.1. The Balaban J connectivity index is 2.43. The molecule has 0 bridgehead atoms. The predicted molar refractivity (Wildman–Crippen MR) is 70.8 cm³/mol. The number of nitrogens with one attached hydrogen (secondary N) is 1. The summed E-state index contributed by atoms with van der Waals surface area (Å²) in [4.78, 5) is 4.27. The molecule has 1 rings (SSSR count). The van der Waals surface area contributed by atoms with Gasteiger partial charge in [0.2, 0.25) is 0 Å². The molecule has 2 N–H and O–H groups in total. The van der Waals surface area contributed by atoms with Gasteiger partial charge in [-0.05, 0) is 31.4 Å². The van der Waals surface area contributed by atoms with E-state index in [1.165, 1.54) is 5.56 Å². The first-order chi connectivity index (χ1) is 8.15. The molecule has 0 spiro atoms. The zero-order valence-electron chi connectivity index (χ0n) is 11.2. The van der Waals surface area contributed by atoms with Crippen LogP contribution in [0, 0.1) is 12.3 Å². The summed E-state index contributed by atoms with van der Waals surface area (Å²) in [5.41, 5.74) is 2.26. The standard InChI is InChI=1S/C14H24N2O/c1-4-14(5-2,11-17)10-15-8-13-7-6-12(3)16-9-13/h6-7,9,15,17H,4-5,8,10-11H2,1-3H3. The lowest BCUT2D eigenvalue weighted by Gasteiger charge is -2.29. The topological polar surface area (TPSA) is 45.1 Å². The summed E-state index contributed by atoms with van der Waals surface area (Å²) >= 11 is 0. The van der Waals surface area contributed by atoms with Gasteiger partial charge in [0.05, 0.1) is 0 Å². The van der Waals surface area contributed by atoms with Crippen LogP contribution in [0.25, 0.3) is 0 Å². The van der Waals surface area contributed by atoms with E-state index in [9.17, 15) is 5.11 Å². The Morgan fingerprint density at radius 3 is 2.47 bits per heavy atom. The molecule has 96 valence electrons. The molecule has 0 aliphatic carbocycles. The van der Waals surface area contributed by atoms with E-state index in [-0.39, 0.29) is 12.0 Å². The van der Waals surface area contributed by atoms with Crippen molar-refractivity contribution >= 4 is 0 Å². The second kappa shape index (κ2) is 6.72. The van der Waals surface area contributed by atoms with Crippen LogP contribution in [-0.2, 0) is 6.54 Å². The Morgan fingerprint density at radius 1 is 1.29 bits per heavy atom.